The van der Waals surface area contributed by atoms with Crippen molar-refractivity contribution in [1.82, 2.24) is 10.2 Å². The van der Waals surface area contributed by atoms with E-state index in [0.717, 1.165) is 12.0 Å². The number of carbonyl (C=O) groups excluding carboxylic acids is 2. The molecule has 0 bridgehead atoms. The fourth-order valence-electron chi connectivity index (χ4n) is 3.34. The van der Waals surface area contributed by atoms with Crippen LogP contribution in [0.5, 0.6) is 0 Å². The van der Waals surface area contributed by atoms with Crippen LogP contribution in [0.15, 0.2) is 30.3 Å². The first-order valence-corrected chi connectivity index (χ1v) is 9.69. The smallest absolute Gasteiger partial charge is 0.247 e. The van der Waals surface area contributed by atoms with E-state index >= 15 is 0 Å². The number of nitrogens with one attached hydrogen (secondary N) is 1. The molecule has 158 valence electrons. The zero-order valence-electron chi connectivity index (χ0n) is 17.0. The molecule has 1 N–H and O–H groups in total. The molecule has 2 atom stereocenters. The third-order valence-electron chi connectivity index (χ3n) is 4.49. The zero-order chi connectivity index (χ0) is 19.3. The fraction of sp³-hybridized carbons (Fsp3) is 0.524. The second-order valence-corrected chi connectivity index (χ2v) is 8.23. The van der Waals surface area contributed by atoms with E-state index in [4.69, 9.17) is 11.6 Å². The molecule has 4 nitrogen and oxygen atoms in total. The van der Waals surface area contributed by atoms with Crippen LogP contribution in [0.2, 0.25) is 5.02 Å². The monoisotopic (exact) mass is 444 g/mol. The third-order valence-corrected chi connectivity index (χ3v) is 4.83. The van der Waals surface area contributed by atoms with E-state index in [2.05, 4.69) is 33.0 Å². The first kappa shape index (κ1) is 26.9. The maximum atomic E-state index is 12.9. The average molecular weight is 445 g/mol. The summed E-state index contributed by atoms with van der Waals surface area (Å²) >= 11 is 6.15. The molecule has 1 aromatic carbocycles. The van der Waals surface area contributed by atoms with E-state index in [1.165, 1.54) is 6.08 Å². The van der Waals surface area contributed by atoms with Gasteiger partial charge in [0.2, 0.25) is 11.8 Å². The van der Waals surface area contributed by atoms with Crippen LogP contribution in [0, 0.1) is 11.8 Å². The fourth-order valence-corrected chi connectivity index (χ4v) is 3.54. The molecule has 0 aromatic heterocycles. The highest BCUT2D eigenvalue weighted by molar-refractivity contribution is 7.59. The molecule has 1 aliphatic rings. The molecule has 1 aromatic rings. The van der Waals surface area contributed by atoms with Crippen LogP contribution < -0.4 is 5.32 Å². The van der Waals surface area contributed by atoms with Crippen LogP contribution in [-0.4, -0.2) is 35.3 Å². The number of amides is 2. The topological polar surface area (TPSA) is 49.4 Å². The quantitative estimate of drug-likeness (QED) is 0.662. The lowest BCUT2D eigenvalue weighted by Gasteiger charge is -2.40. The molecule has 1 fully saturated rings. The Labute approximate surface area is 188 Å². The van der Waals surface area contributed by atoms with Crippen molar-refractivity contribution in [2.24, 2.45) is 11.8 Å². The van der Waals surface area contributed by atoms with Crippen molar-refractivity contribution in [2.45, 2.75) is 52.6 Å². The lowest BCUT2D eigenvalue weighted by molar-refractivity contribution is -0.142. The Morgan fingerprint density at radius 2 is 1.79 bits per heavy atom. The highest BCUT2D eigenvalue weighted by Gasteiger charge is 2.36. The molecular weight excluding hydrogens is 412 g/mol. The van der Waals surface area contributed by atoms with E-state index in [-0.39, 0.29) is 44.8 Å². The van der Waals surface area contributed by atoms with Gasteiger partial charge in [0, 0.05) is 23.7 Å². The van der Waals surface area contributed by atoms with Gasteiger partial charge in [0.15, 0.2) is 0 Å². The molecule has 0 radical (unpaired) electrons. The maximum absolute atomic E-state index is 12.9. The molecule has 0 aliphatic carbocycles. The predicted octanol–water partition coefficient (Wildman–Crippen LogP) is 4.37. The van der Waals surface area contributed by atoms with Crippen molar-refractivity contribution in [1.29, 1.82) is 0 Å². The molecule has 7 heteroatoms. The van der Waals surface area contributed by atoms with E-state index in [1.54, 1.807) is 17.0 Å². The summed E-state index contributed by atoms with van der Waals surface area (Å²) in [4.78, 5) is 27.2. The predicted molar refractivity (Wildman–Crippen MR) is 128 cm³/mol. The number of nitrogens with zero attached hydrogens (tertiary/aromatic N) is 1. The van der Waals surface area contributed by atoms with Crippen molar-refractivity contribution in [3.63, 3.8) is 0 Å². The number of piperazine rings is 1. The standard InChI is InChI=1S/C21H29ClN2O2.2H2S/c1-14(2)11-17-13-24(19(12-15(3)4)21(26)23-17)20(25)10-9-16-7-5-6-8-18(16)22;;/h5-10,14-15,17,19H,11-13H2,1-4H3,(H,23,26);2*1H2/b10-9+;;/t17-,19-;;/m0../s1. The van der Waals surface area contributed by atoms with E-state index < -0.39 is 6.04 Å². The first-order valence-electron chi connectivity index (χ1n) is 9.31. The van der Waals surface area contributed by atoms with Crippen LogP contribution >= 0.6 is 38.6 Å². The SMILES string of the molecule is CC(C)C[C@H]1CN(C(=O)/C=C/c2ccccc2Cl)[C@@H](CC(C)C)C(=O)N1.S.S. The molecular formula is C21H33ClN2O2S2. The van der Waals surface area contributed by atoms with Crippen molar-refractivity contribution < 1.29 is 9.59 Å². The molecule has 1 aliphatic heterocycles. The minimum absolute atomic E-state index is 0. The Morgan fingerprint density at radius 1 is 1.18 bits per heavy atom. The molecule has 28 heavy (non-hydrogen) atoms. The Balaban J connectivity index is 0.00000364. The van der Waals surface area contributed by atoms with Gasteiger partial charge in [0.25, 0.3) is 0 Å². The van der Waals surface area contributed by atoms with Gasteiger partial charge in [0.05, 0.1) is 0 Å². The van der Waals surface area contributed by atoms with Gasteiger partial charge in [-0.2, -0.15) is 27.0 Å². The molecule has 0 spiro atoms. The number of benzene rings is 1. The van der Waals surface area contributed by atoms with Crippen molar-refractivity contribution in [3.05, 3.63) is 40.9 Å². The summed E-state index contributed by atoms with van der Waals surface area (Å²) in [6.07, 6.45) is 4.77. The van der Waals surface area contributed by atoms with Gasteiger partial charge in [-0.3, -0.25) is 9.59 Å². The lowest BCUT2D eigenvalue weighted by atomic mass is 9.95. The molecule has 0 unspecified atom stereocenters. The summed E-state index contributed by atoms with van der Waals surface area (Å²) < 4.78 is 0. The largest absolute Gasteiger partial charge is 0.350 e. The second-order valence-electron chi connectivity index (χ2n) is 7.83. The Bertz CT molecular complexity index is 680. The van der Waals surface area contributed by atoms with Crippen molar-refractivity contribution in [2.75, 3.05) is 6.54 Å². The maximum Gasteiger partial charge on any atom is 0.247 e. The molecule has 1 saturated heterocycles. The third kappa shape index (κ3) is 7.72. The number of rotatable bonds is 6. The first-order chi connectivity index (χ1) is 12.3. The Kier molecular flexibility index (Phi) is 12.0. The van der Waals surface area contributed by atoms with Gasteiger partial charge >= 0.3 is 0 Å². The van der Waals surface area contributed by atoms with Crippen molar-refractivity contribution in [3.8, 4) is 0 Å². The van der Waals surface area contributed by atoms with E-state index in [9.17, 15) is 9.59 Å². The van der Waals surface area contributed by atoms with Crippen LogP contribution in [0.1, 0.15) is 46.1 Å². The van der Waals surface area contributed by atoms with Gasteiger partial charge in [-0.25, -0.2) is 0 Å². The number of carbonyl (C=O) groups is 2. The minimum atomic E-state index is -0.415. The van der Waals surface area contributed by atoms with Crippen LogP contribution in [0.4, 0.5) is 0 Å². The summed E-state index contributed by atoms with van der Waals surface area (Å²) in [6, 6.07) is 6.98. The van der Waals surface area contributed by atoms with Gasteiger partial charge in [-0.1, -0.05) is 57.5 Å². The highest BCUT2D eigenvalue weighted by atomic mass is 35.5. The minimum Gasteiger partial charge on any atom is -0.350 e. The Hall–Kier alpha value is -1.11. The van der Waals surface area contributed by atoms with Gasteiger partial charge in [-0.05, 0) is 42.4 Å². The van der Waals surface area contributed by atoms with Crippen LogP contribution in [-0.2, 0) is 9.59 Å². The van der Waals surface area contributed by atoms with Gasteiger partial charge in [0.1, 0.15) is 6.04 Å². The lowest BCUT2D eigenvalue weighted by Crippen LogP contribution is -2.61. The molecule has 2 amide bonds. The van der Waals surface area contributed by atoms with Crippen LogP contribution in [0.3, 0.4) is 0 Å². The normalized spacial score (nSPS) is 19.4. The molecule has 1 heterocycles. The van der Waals surface area contributed by atoms with E-state index in [1.807, 2.05) is 18.2 Å². The molecule has 0 saturated carbocycles. The summed E-state index contributed by atoms with van der Waals surface area (Å²) in [5.74, 6) is 0.599. The molecule has 2 rings (SSSR count). The van der Waals surface area contributed by atoms with Crippen LogP contribution in [0.25, 0.3) is 6.08 Å². The summed E-state index contributed by atoms with van der Waals surface area (Å²) in [7, 11) is 0. The average Bonchev–Trinajstić information content (AvgIpc) is 2.55. The van der Waals surface area contributed by atoms with Crippen molar-refractivity contribution >= 4 is 56.5 Å². The number of hydrogen-bond acceptors (Lipinski definition) is 2. The van der Waals surface area contributed by atoms with Gasteiger partial charge < -0.3 is 10.2 Å². The van der Waals surface area contributed by atoms with Gasteiger partial charge in [-0.15, -0.1) is 0 Å². The summed E-state index contributed by atoms with van der Waals surface area (Å²) in [5, 5.41) is 3.69. The zero-order valence-corrected chi connectivity index (χ0v) is 19.8. The highest BCUT2D eigenvalue weighted by Crippen LogP contribution is 2.21. The second kappa shape index (κ2) is 12.5. The van der Waals surface area contributed by atoms with E-state index in [0.29, 0.717) is 29.8 Å². The summed E-state index contributed by atoms with van der Waals surface area (Å²) in [5.41, 5.74) is 0.795. The Morgan fingerprint density at radius 3 is 2.36 bits per heavy atom. The number of hydrogen-bond donors (Lipinski definition) is 1. The summed E-state index contributed by atoms with van der Waals surface area (Å²) in [6.45, 7) is 8.92. The number of halogens is 1.